The molecule has 0 bridgehead atoms. The Balaban J connectivity index is 2.27. The summed E-state index contributed by atoms with van der Waals surface area (Å²) in [5.41, 5.74) is 3.92. The minimum atomic E-state index is 0.841. The van der Waals surface area contributed by atoms with Crippen molar-refractivity contribution < 1.29 is 4.74 Å². The predicted molar refractivity (Wildman–Crippen MR) is 66.6 cm³/mol. The van der Waals surface area contributed by atoms with Gasteiger partial charge < -0.3 is 9.64 Å². The van der Waals surface area contributed by atoms with Crippen molar-refractivity contribution in [1.29, 1.82) is 0 Å². The highest BCUT2D eigenvalue weighted by molar-refractivity contribution is 9.10. The van der Waals surface area contributed by atoms with Gasteiger partial charge in [-0.25, -0.2) is 0 Å². The molecule has 2 nitrogen and oxygen atoms in total. The van der Waals surface area contributed by atoms with Crippen LogP contribution >= 0.6 is 15.9 Å². The van der Waals surface area contributed by atoms with Crippen LogP contribution in [-0.4, -0.2) is 26.3 Å². The maximum atomic E-state index is 5.35. The highest BCUT2D eigenvalue weighted by Crippen LogP contribution is 2.27. The molecule has 0 unspecified atom stereocenters. The van der Waals surface area contributed by atoms with E-state index in [1.807, 2.05) is 0 Å². The number of aryl methyl sites for hydroxylation is 2. The summed E-state index contributed by atoms with van der Waals surface area (Å²) in [7, 11) is 0. The fraction of sp³-hybridized carbons (Fsp3) is 0.500. The zero-order chi connectivity index (χ0) is 10.8. The summed E-state index contributed by atoms with van der Waals surface area (Å²) in [6.45, 7) is 7.96. The van der Waals surface area contributed by atoms with Crippen molar-refractivity contribution in [1.82, 2.24) is 0 Å². The molecule has 1 aromatic rings. The molecule has 0 N–H and O–H groups in total. The van der Waals surface area contributed by atoms with Gasteiger partial charge in [0.1, 0.15) is 0 Å². The van der Waals surface area contributed by atoms with Gasteiger partial charge >= 0.3 is 0 Å². The number of rotatable bonds is 1. The Morgan fingerprint density at radius 1 is 1.13 bits per heavy atom. The first-order valence-electron chi connectivity index (χ1n) is 5.28. The van der Waals surface area contributed by atoms with E-state index in [0.717, 1.165) is 26.3 Å². The van der Waals surface area contributed by atoms with E-state index in [2.05, 4.69) is 46.8 Å². The number of halogens is 1. The van der Waals surface area contributed by atoms with E-state index in [9.17, 15) is 0 Å². The Kier molecular flexibility index (Phi) is 3.32. The first-order chi connectivity index (χ1) is 7.18. The quantitative estimate of drug-likeness (QED) is 0.778. The van der Waals surface area contributed by atoms with E-state index in [0.29, 0.717) is 0 Å². The maximum Gasteiger partial charge on any atom is 0.0642 e. The summed E-state index contributed by atoms with van der Waals surface area (Å²) < 4.78 is 6.58. The minimum Gasteiger partial charge on any atom is -0.378 e. The topological polar surface area (TPSA) is 12.5 Å². The van der Waals surface area contributed by atoms with Gasteiger partial charge in [0.25, 0.3) is 0 Å². The van der Waals surface area contributed by atoms with E-state index >= 15 is 0 Å². The number of ether oxygens (including phenoxy) is 1. The highest BCUT2D eigenvalue weighted by Gasteiger charge is 2.12. The number of benzene rings is 1. The van der Waals surface area contributed by atoms with Crippen LogP contribution in [0.5, 0.6) is 0 Å². The summed E-state index contributed by atoms with van der Waals surface area (Å²) in [4.78, 5) is 2.38. The first kappa shape index (κ1) is 11.0. The molecule has 0 aliphatic carbocycles. The van der Waals surface area contributed by atoms with Crippen LogP contribution in [0.3, 0.4) is 0 Å². The molecule has 3 heteroatoms. The van der Waals surface area contributed by atoms with Gasteiger partial charge in [0.15, 0.2) is 0 Å². The number of nitrogens with zero attached hydrogens (tertiary/aromatic N) is 1. The average Bonchev–Trinajstić information content (AvgIpc) is 2.26. The molecule has 0 spiro atoms. The summed E-state index contributed by atoms with van der Waals surface area (Å²) in [6, 6.07) is 4.48. The van der Waals surface area contributed by atoms with Gasteiger partial charge in [-0.2, -0.15) is 0 Å². The van der Waals surface area contributed by atoms with Crippen LogP contribution in [0.15, 0.2) is 16.6 Å². The fourth-order valence-electron chi connectivity index (χ4n) is 1.93. The molecule has 0 aromatic heterocycles. The average molecular weight is 270 g/mol. The third-order valence-corrected chi connectivity index (χ3v) is 4.05. The normalized spacial score (nSPS) is 16.9. The SMILES string of the molecule is Cc1cc(N2CCOCC2)cc(C)c1Br. The Bertz CT molecular complexity index is 336. The standard InChI is InChI=1S/C12H16BrNO/c1-9-7-11(8-10(2)12(9)13)14-3-5-15-6-4-14/h7-8H,3-6H2,1-2H3. The lowest BCUT2D eigenvalue weighted by atomic mass is 10.1. The molecule has 0 amide bonds. The Morgan fingerprint density at radius 3 is 2.20 bits per heavy atom. The molecule has 1 heterocycles. The lowest BCUT2D eigenvalue weighted by Crippen LogP contribution is -2.36. The summed E-state index contributed by atoms with van der Waals surface area (Å²) >= 11 is 3.59. The van der Waals surface area contributed by atoms with Crippen LogP contribution in [-0.2, 0) is 4.74 Å². The van der Waals surface area contributed by atoms with Crippen LogP contribution in [0.1, 0.15) is 11.1 Å². The van der Waals surface area contributed by atoms with Crippen molar-refractivity contribution in [2.24, 2.45) is 0 Å². The van der Waals surface area contributed by atoms with Gasteiger partial charge in [0.05, 0.1) is 13.2 Å². The van der Waals surface area contributed by atoms with E-state index in [-0.39, 0.29) is 0 Å². The van der Waals surface area contributed by atoms with Crippen molar-refractivity contribution in [3.63, 3.8) is 0 Å². The van der Waals surface area contributed by atoms with Crippen molar-refractivity contribution in [2.75, 3.05) is 31.2 Å². The number of hydrogen-bond acceptors (Lipinski definition) is 2. The number of anilines is 1. The molecule has 15 heavy (non-hydrogen) atoms. The van der Waals surface area contributed by atoms with Crippen molar-refractivity contribution in [3.8, 4) is 0 Å². The lowest BCUT2D eigenvalue weighted by molar-refractivity contribution is 0.122. The van der Waals surface area contributed by atoms with Crippen molar-refractivity contribution >= 4 is 21.6 Å². The molecule has 1 fully saturated rings. The van der Waals surface area contributed by atoms with E-state index < -0.39 is 0 Å². The van der Waals surface area contributed by atoms with Crippen LogP contribution in [0.2, 0.25) is 0 Å². The maximum absolute atomic E-state index is 5.35. The molecular weight excluding hydrogens is 254 g/mol. The Labute approximate surface area is 99.4 Å². The molecule has 82 valence electrons. The van der Waals surface area contributed by atoms with Crippen LogP contribution in [0.25, 0.3) is 0 Å². The number of morpholine rings is 1. The molecule has 1 aromatic carbocycles. The van der Waals surface area contributed by atoms with E-state index in [1.54, 1.807) is 0 Å². The van der Waals surface area contributed by atoms with Gasteiger partial charge in [-0.1, -0.05) is 15.9 Å². The van der Waals surface area contributed by atoms with Crippen LogP contribution < -0.4 is 4.90 Å². The van der Waals surface area contributed by atoms with Gasteiger partial charge in [-0.3, -0.25) is 0 Å². The summed E-state index contributed by atoms with van der Waals surface area (Å²) in [5.74, 6) is 0. The predicted octanol–water partition coefficient (Wildman–Crippen LogP) is 2.90. The third-order valence-electron chi connectivity index (χ3n) is 2.80. The van der Waals surface area contributed by atoms with Gasteiger partial charge in [0.2, 0.25) is 0 Å². The Hall–Kier alpha value is -0.540. The molecule has 0 saturated carbocycles. The molecule has 1 saturated heterocycles. The Morgan fingerprint density at radius 2 is 1.67 bits per heavy atom. The zero-order valence-corrected chi connectivity index (χ0v) is 10.8. The second-order valence-corrected chi connectivity index (χ2v) is 4.79. The second kappa shape index (κ2) is 4.54. The molecular formula is C12H16BrNO. The lowest BCUT2D eigenvalue weighted by Gasteiger charge is -2.29. The van der Waals surface area contributed by atoms with Gasteiger partial charge in [0, 0.05) is 23.2 Å². The smallest absolute Gasteiger partial charge is 0.0642 e. The van der Waals surface area contributed by atoms with Crippen LogP contribution in [0, 0.1) is 13.8 Å². The summed E-state index contributed by atoms with van der Waals surface area (Å²) in [6.07, 6.45) is 0. The zero-order valence-electron chi connectivity index (χ0n) is 9.22. The highest BCUT2D eigenvalue weighted by atomic mass is 79.9. The van der Waals surface area contributed by atoms with Gasteiger partial charge in [-0.15, -0.1) is 0 Å². The molecule has 0 atom stereocenters. The van der Waals surface area contributed by atoms with Crippen LogP contribution in [0.4, 0.5) is 5.69 Å². The van der Waals surface area contributed by atoms with Crippen molar-refractivity contribution in [3.05, 3.63) is 27.7 Å². The third kappa shape index (κ3) is 2.34. The first-order valence-corrected chi connectivity index (χ1v) is 6.07. The van der Waals surface area contributed by atoms with E-state index in [1.165, 1.54) is 21.3 Å². The second-order valence-electron chi connectivity index (χ2n) is 3.99. The molecule has 2 rings (SSSR count). The largest absolute Gasteiger partial charge is 0.378 e. The monoisotopic (exact) mass is 269 g/mol. The minimum absolute atomic E-state index is 0.841. The number of hydrogen-bond donors (Lipinski definition) is 0. The van der Waals surface area contributed by atoms with E-state index in [4.69, 9.17) is 4.74 Å². The molecule has 1 aliphatic rings. The van der Waals surface area contributed by atoms with Gasteiger partial charge in [-0.05, 0) is 37.1 Å². The van der Waals surface area contributed by atoms with Crippen molar-refractivity contribution in [2.45, 2.75) is 13.8 Å². The fourth-order valence-corrected chi connectivity index (χ4v) is 2.16. The summed E-state index contributed by atoms with van der Waals surface area (Å²) in [5, 5.41) is 0. The molecule has 1 aliphatic heterocycles. The molecule has 0 radical (unpaired) electrons.